The lowest BCUT2D eigenvalue weighted by Gasteiger charge is -2.22. The molecule has 0 N–H and O–H groups in total. The number of fused-ring (bicyclic) bond motifs is 3. The molecule has 0 bridgehead atoms. The molecule has 0 unspecified atom stereocenters. The second kappa shape index (κ2) is 9.52. The smallest absolute Gasteiger partial charge is 0.355 e. The molecule has 37 heavy (non-hydrogen) atoms. The van der Waals surface area contributed by atoms with Gasteiger partial charge in [0.15, 0.2) is 0 Å². The lowest BCUT2D eigenvalue weighted by Crippen LogP contribution is -2.28. The molecular formula is C29H28N2O5S. The molecule has 0 aliphatic heterocycles. The van der Waals surface area contributed by atoms with Gasteiger partial charge in [0.05, 0.1) is 17.2 Å². The van der Waals surface area contributed by atoms with Crippen LogP contribution in [0.2, 0.25) is 0 Å². The van der Waals surface area contributed by atoms with E-state index in [4.69, 9.17) is 4.74 Å². The lowest BCUT2D eigenvalue weighted by molar-refractivity contribution is 0.0512. The second-order valence-electron chi connectivity index (χ2n) is 9.14. The van der Waals surface area contributed by atoms with Gasteiger partial charge in [0.1, 0.15) is 10.6 Å². The van der Waals surface area contributed by atoms with Crippen molar-refractivity contribution in [1.29, 1.82) is 0 Å². The number of esters is 1. The van der Waals surface area contributed by atoms with Crippen molar-refractivity contribution in [2.45, 2.75) is 43.0 Å². The van der Waals surface area contributed by atoms with E-state index in [9.17, 15) is 18.0 Å². The standard InChI is InChI=1S/C29H28N2O5S/c1-4-36-29(33)27-23-16-15-21-17-24(37(34,35)22-13-9-6-10-14-22)28(32)30(3)26(21)25(23)19(2)31(27)18-20-11-7-5-8-12-20/h5-14,17H,4,15-16,18H2,1-3H3. The van der Waals surface area contributed by atoms with Crippen molar-refractivity contribution >= 4 is 15.8 Å². The zero-order chi connectivity index (χ0) is 26.3. The molecule has 0 saturated carbocycles. The molecule has 7 nitrogen and oxygen atoms in total. The van der Waals surface area contributed by atoms with Crippen molar-refractivity contribution in [2.24, 2.45) is 7.05 Å². The van der Waals surface area contributed by atoms with Crippen molar-refractivity contribution in [3.63, 3.8) is 0 Å². The highest BCUT2D eigenvalue weighted by Gasteiger charge is 2.34. The monoisotopic (exact) mass is 516 g/mol. The first-order valence-electron chi connectivity index (χ1n) is 12.2. The minimum Gasteiger partial charge on any atom is -0.461 e. The average molecular weight is 517 g/mol. The molecule has 8 heteroatoms. The number of carbonyl (C=O) groups excluding carboxylic acids is 1. The van der Waals surface area contributed by atoms with Crippen molar-refractivity contribution in [1.82, 2.24) is 9.13 Å². The van der Waals surface area contributed by atoms with E-state index in [0.717, 1.165) is 27.9 Å². The molecule has 1 aliphatic rings. The highest BCUT2D eigenvalue weighted by atomic mass is 32.2. The van der Waals surface area contributed by atoms with Crippen LogP contribution in [0.15, 0.2) is 81.3 Å². The first-order chi connectivity index (χ1) is 17.8. The zero-order valence-electron chi connectivity index (χ0n) is 21.0. The van der Waals surface area contributed by atoms with Gasteiger partial charge in [-0.3, -0.25) is 4.79 Å². The van der Waals surface area contributed by atoms with Gasteiger partial charge in [-0.05, 0) is 61.6 Å². The van der Waals surface area contributed by atoms with E-state index in [0.29, 0.717) is 30.8 Å². The maximum absolute atomic E-state index is 13.5. The Morgan fingerprint density at radius 2 is 1.65 bits per heavy atom. The number of aryl methyl sites for hydroxylation is 1. The number of benzene rings is 2. The first-order valence-corrected chi connectivity index (χ1v) is 13.7. The van der Waals surface area contributed by atoms with Crippen LogP contribution in [-0.4, -0.2) is 30.1 Å². The summed E-state index contributed by atoms with van der Waals surface area (Å²) in [5, 5.41) is 0. The second-order valence-corrected chi connectivity index (χ2v) is 11.1. The Bertz CT molecular complexity index is 1670. The van der Waals surface area contributed by atoms with Crippen molar-refractivity contribution in [2.75, 3.05) is 6.61 Å². The summed E-state index contributed by atoms with van der Waals surface area (Å²) in [6, 6.07) is 19.3. The number of rotatable bonds is 6. The number of hydrogen-bond acceptors (Lipinski definition) is 5. The minimum atomic E-state index is -3.99. The van der Waals surface area contributed by atoms with Gasteiger partial charge in [0.25, 0.3) is 5.56 Å². The molecular weight excluding hydrogens is 488 g/mol. The first kappa shape index (κ1) is 24.8. The largest absolute Gasteiger partial charge is 0.461 e. The van der Waals surface area contributed by atoms with Gasteiger partial charge in [-0.15, -0.1) is 0 Å². The summed E-state index contributed by atoms with van der Waals surface area (Å²) in [6.07, 6.45) is 1.02. The van der Waals surface area contributed by atoms with Crippen LogP contribution in [0, 0.1) is 6.92 Å². The highest BCUT2D eigenvalue weighted by molar-refractivity contribution is 7.91. The van der Waals surface area contributed by atoms with Crippen LogP contribution in [0.5, 0.6) is 0 Å². The van der Waals surface area contributed by atoms with E-state index in [-0.39, 0.29) is 16.4 Å². The number of sulfone groups is 1. The van der Waals surface area contributed by atoms with Crippen LogP contribution < -0.4 is 5.56 Å². The number of carbonyl (C=O) groups is 1. The van der Waals surface area contributed by atoms with Crippen LogP contribution >= 0.6 is 0 Å². The molecule has 0 atom stereocenters. The fourth-order valence-corrected chi connectivity index (χ4v) is 6.66. The Morgan fingerprint density at radius 1 is 1.00 bits per heavy atom. The van der Waals surface area contributed by atoms with Crippen LogP contribution in [-0.2, 0) is 41.0 Å². The van der Waals surface area contributed by atoms with Gasteiger partial charge in [-0.25, -0.2) is 13.2 Å². The van der Waals surface area contributed by atoms with E-state index in [2.05, 4.69) is 0 Å². The van der Waals surface area contributed by atoms with E-state index in [1.165, 1.54) is 22.8 Å². The van der Waals surface area contributed by atoms with Crippen LogP contribution in [0.25, 0.3) is 11.3 Å². The normalized spacial score (nSPS) is 12.6. The Labute approximate surface area is 215 Å². The van der Waals surface area contributed by atoms with E-state index in [1.54, 1.807) is 32.2 Å². The topological polar surface area (TPSA) is 87.4 Å². The van der Waals surface area contributed by atoms with Crippen LogP contribution in [0.3, 0.4) is 0 Å². The summed E-state index contributed by atoms with van der Waals surface area (Å²) in [6.45, 7) is 4.42. The van der Waals surface area contributed by atoms with Crippen molar-refractivity contribution in [3.05, 3.63) is 105 Å². The molecule has 1 aliphatic carbocycles. The molecule has 5 rings (SSSR count). The van der Waals surface area contributed by atoms with Gasteiger partial charge < -0.3 is 13.9 Å². The Balaban J connectivity index is 1.73. The van der Waals surface area contributed by atoms with Gasteiger partial charge in [0, 0.05) is 24.8 Å². The molecule has 0 radical (unpaired) electrons. The summed E-state index contributed by atoms with van der Waals surface area (Å²) < 4.78 is 35.5. The third-order valence-electron chi connectivity index (χ3n) is 6.96. The third kappa shape index (κ3) is 4.11. The molecule has 4 aromatic rings. The molecule has 2 aromatic carbocycles. The summed E-state index contributed by atoms with van der Waals surface area (Å²) >= 11 is 0. The minimum absolute atomic E-state index is 0.0818. The molecule has 0 fully saturated rings. The summed E-state index contributed by atoms with van der Waals surface area (Å²) in [7, 11) is -2.39. The molecule has 190 valence electrons. The number of ether oxygens (including phenoxy) is 1. The number of nitrogens with zero attached hydrogens (tertiary/aromatic N) is 2. The highest BCUT2D eigenvalue weighted by Crippen LogP contribution is 2.40. The van der Waals surface area contributed by atoms with Crippen molar-refractivity contribution in [3.8, 4) is 11.3 Å². The summed E-state index contributed by atoms with van der Waals surface area (Å²) in [5.74, 6) is -0.403. The number of pyridine rings is 1. The van der Waals surface area contributed by atoms with Gasteiger partial charge in [0.2, 0.25) is 9.84 Å². The van der Waals surface area contributed by atoms with E-state index >= 15 is 0 Å². The predicted octanol–water partition coefficient (Wildman–Crippen LogP) is 4.32. The summed E-state index contributed by atoms with van der Waals surface area (Å²) in [4.78, 5) is 26.5. The van der Waals surface area contributed by atoms with Gasteiger partial charge in [-0.1, -0.05) is 48.5 Å². The molecule has 0 amide bonds. The number of hydrogen-bond donors (Lipinski definition) is 0. The quantitative estimate of drug-likeness (QED) is 0.356. The lowest BCUT2D eigenvalue weighted by atomic mass is 9.89. The molecule has 0 saturated heterocycles. The Kier molecular flexibility index (Phi) is 6.37. The van der Waals surface area contributed by atoms with Crippen LogP contribution in [0.1, 0.15) is 39.8 Å². The molecule has 2 heterocycles. The van der Waals surface area contributed by atoms with Crippen molar-refractivity contribution < 1.29 is 17.9 Å². The zero-order valence-corrected chi connectivity index (χ0v) is 21.8. The fraction of sp³-hybridized carbons (Fsp3) is 0.241. The SMILES string of the molecule is CCOC(=O)c1c2c(c(C)n1Cc1ccccc1)-c1c(cc(S(=O)(=O)c3ccccc3)c(=O)n1C)CC2. The Hall–Kier alpha value is -3.91. The molecule has 0 spiro atoms. The van der Waals surface area contributed by atoms with Crippen LogP contribution in [0.4, 0.5) is 0 Å². The summed E-state index contributed by atoms with van der Waals surface area (Å²) in [5.41, 5.74) is 4.78. The predicted molar refractivity (Wildman–Crippen MR) is 141 cm³/mol. The average Bonchev–Trinajstić information content (AvgIpc) is 3.18. The van der Waals surface area contributed by atoms with E-state index < -0.39 is 21.4 Å². The van der Waals surface area contributed by atoms with Gasteiger partial charge >= 0.3 is 5.97 Å². The molecule has 2 aromatic heterocycles. The maximum Gasteiger partial charge on any atom is 0.355 e. The van der Waals surface area contributed by atoms with E-state index in [1.807, 2.05) is 41.8 Å². The maximum atomic E-state index is 13.5. The Morgan fingerprint density at radius 3 is 2.30 bits per heavy atom. The van der Waals surface area contributed by atoms with Gasteiger partial charge in [-0.2, -0.15) is 0 Å². The fourth-order valence-electron chi connectivity index (χ4n) is 5.22. The number of aromatic nitrogens is 2. The third-order valence-corrected chi connectivity index (χ3v) is 8.73.